The standard InChI is InChI=1S/C16H27N5O3S/c1-13(2)16(22)19-8-9-21-15(12-19)10-14(18-21)11-17-25(23,24)20-6-4-3-5-7-20/h10,13,17H,3-9,11-12H2,1-2H3. The number of hydrogen-bond donors (Lipinski definition) is 1. The number of piperidine rings is 1. The SMILES string of the molecule is CC(C)C(=O)N1CCn2nc(CNS(=O)(=O)N3CCCCC3)cc2C1. The largest absolute Gasteiger partial charge is 0.335 e. The van der Waals surface area contributed by atoms with Crippen LogP contribution in [0, 0.1) is 5.92 Å². The van der Waals surface area contributed by atoms with Gasteiger partial charge in [0.25, 0.3) is 10.2 Å². The fraction of sp³-hybridized carbons (Fsp3) is 0.750. The molecule has 140 valence electrons. The van der Waals surface area contributed by atoms with Crippen LogP contribution in [0.2, 0.25) is 0 Å². The van der Waals surface area contributed by atoms with Crippen LogP contribution in [0.1, 0.15) is 44.5 Å². The van der Waals surface area contributed by atoms with Gasteiger partial charge in [-0.25, -0.2) is 0 Å². The first-order chi connectivity index (χ1) is 11.9. The Morgan fingerprint density at radius 1 is 1.20 bits per heavy atom. The van der Waals surface area contributed by atoms with Gasteiger partial charge in [0.05, 0.1) is 31.0 Å². The molecule has 1 saturated heterocycles. The predicted molar refractivity (Wildman–Crippen MR) is 93.7 cm³/mol. The zero-order valence-electron chi connectivity index (χ0n) is 14.9. The van der Waals surface area contributed by atoms with E-state index in [1.807, 2.05) is 29.5 Å². The van der Waals surface area contributed by atoms with Gasteiger partial charge in [0.1, 0.15) is 0 Å². The zero-order valence-corrected chi connectivity index (χ0v) is 15.8. The lowest BCUT2D eigenvalue weighted by Gasteiger charge is -2.29. The van der Waals surface area contributed by atoms with Gasteiger partial charge in [0, 0.05) is 25.6 Å². The lowest BCUT2D eigenvalue weighted by molar-refractivity contribution is -0.136. The van der Waals surface area contributed by atoms with Crippen molar-refractivity contribution in [3.05, 3.63) is 17.5 Å². The second kappa shape index (κ2) is 7.43. The van der Waals surface area contributed by atoms with Crippen LogP contribution >= 0.6 is 0 Å². The Labute approximate surface area is 149 Å². The zero-order chi connectivity index (χ0) is 18.0. The molecule has 0 saturated carbocycles. The molecule has 1 fully saturated rings. The number of rotatable bonds is 5. The number of carbonyl (C=O) groups is 1. The molecule has 8 nitrogen and oxygen atoms in total. The monoisotopic (exact) mass is 369 g/mol. The highest BCUT2D eigenvalue weighted by Crippen LogP contribution is 2.17. The van der Waals surface area contributed by atoms with Crippen molar-refractivity contribution in [1.29, 1.82) is 0 Å². The van der Waals surface area contributed by atoms with Crippen LogP contribution in [0.15, 0.2) is 6.07 Å². The molecule has 1 amide bonds. The quantitative estimate of drug-likeness (QED) is 0.828. The topological polar surface area (TPSA) is 87.5 Å². The van der Waals surface area contributed by atoms with E-state index in [-0.39, 0.29) is 18.4 Å². The first-order valence-corrected chi connectivity index (χ1v) is 10.4. The highest BCUT2D eigenvalue weighted by molar-refractivity contribution is 7.87. The van der Waals surface area contributed by atoms with Crippen molar-refractivity contribution >= 4 is 16.1 Å². The summed E-state index contributed by atoms with van der Waals surface area (Å²) in [6.45, 7) is 6.96. The predicted octanol–water partition coefficient (Wildman–Crippen LogP) is 0.702. The van der Waals surface area contributed by atoms with Crippen molar-refractivity contribution in [2.75, 3.05) is 19.6 Å². The number of carbonyl (C=O) groups excluding carboxylic acids is 1. The third-order valence-electron chi connectivity index (χ3n) is 4.74. The van der Waals surface area contributed by atoms with Gasteiger partial charge < -0.3 is 4.90 Å². The van der Waals surface area contributed by atoms with Crippen molar-refractivity contribution in [3.8, 4) is 0 Å². The molecule has 25 heavy (non-hydrogen) atoms. The van der Waals surface area contributed by atoms with Crippen LogP contribution < -0.4 is 4.72 Å². The van der Waals surface area contributed by atoms with E-state index < -0.39 is 10.2 Å². The normalized spacial score (nSPS) is 19.2. The molecule has 1 aromatic heterocycles. The summed E-state index contributed by atoms with van der Waals surface area (Å²) in [5, 5.41) is 4.47. The molecule has 3 heterocycles. The molecule has 2 aliphatic heterocycles. The first kappa shape index (κ1) is 18.3. The van der Waals surface area contributed by atoms with Crippen LogP contribution in [0.5, 0.6) is 0 Å². The summed E-state index contributed by atoms with van der Waals surface area (Å²) in [5.41, 5.74) is 1.64. The molecule has 0 aliphatic carbocycles. The van der Waals surface area contributed by atoms with E-state index in [0.717, 1.165) is 25.0 Å². The summed E-state index contributed by atoms with van der Waals surface area (Å²) in [7, 11) is -3.45. The number of nitrogens with one attached hydrogen (secondary N) is 1. The summed E-state index contributed by atoms with van der Waals surface area (Å²) in [4.78, 5) is 14.0. The average molecular weight is 369 g/mol. The maximum absolute atomic E-state index is 12.3. The number of nitrogens with zero attached hydrogens (tertiary/aromatic N) is 4. The Hall–Kier alpha value is -1.45. The summed E-state index contributed by atoms with van der Waals surface area (Å²) in [6.07, 6.45) is 2.92. The lowest BCUT2D eigenvalue weighted by Crippen LogP contribution is -2.43. The molecular weight excluding hydrogens is 342 g/mol. The van der Waals surface area contributed by atoms with Gasteiger partial charge in [-0.05, 0) is 18.9 Å². The van der Waals surface area contributed by atoms with Gasteiger partial charge in [0.2, 0.25) is 5.91 Å². The van der Waals surface area contributed by atoms with Gasteiger partial charge >= 0.3 is 0 Å². The van der Waals surface area contributed by atoms with Crippen LogP contribution in [-0.4, -0.2) is 52.9 Å². The second-order valence-electron chi connectivity index (χ2n) is 7.05. The Bertz CT molecular complexity index is 722. The maximum atomic E-state index is 12.3. The average Bonchev–Trinajstić information content (AvgIpc) is 3.02. The van der Waals surface area contributed by atoms with Crippen molar-refractivity contribution in [2.45, 2.75) is 52.7 Å². The molecule has 2 aliphatic rings. The summed E-state index contributed by atoms with van der Waals surface area (Å²) < 4.78 is 30.7. The van der Waals surface area contributed by atoms with Gasteiger partial charge in [-0.2, -0.15) is 22.5 Å². The van der Waals surface area contributed by atoms with E-state index in [1.165, 1.54) is 4.31 Å². The third-order valence-corrected chi connectivity index (χ3v) is 6.30. The minimum atomic E-state index is -3.45. The highest BCUT2D eigenvalue weighted by atomic mass is 32.2. The van der Waals surface area contributed by atoms with Gasteiger partial charge in [0.15, 0.2) is 0 Å². The molecule has 0 radical (unpaired) electrons. The van der Waals surface area contributed by atoms with Crippen LogP contribution in [0.25, 0.3) is 0 Å². The van der Waals surface area contributed by atoms with Crippen LogP contribution in [0.3, 0.4) is 0 Å². The molecule has 1 aromatic rings. The Morgan fingerprint density at radius 3 is 2.60 bits per heavy atom. The number of hydrogen-bond acceptors (Lipinski definition) is 4. The molecule has 9 heteroatoms. The minimum Gasteiger partial charge on any atom is -0.335 e. The van der Waals surface area contributed by atoms with E-state index in [4.69, 9.17) is 0 Å². The molecular formula is C16H27N5O3S. The molecule has 0 bridgehead atoms. The Balaban J connectivity index is 1.61. The van der Waals surface area contributed by atoms with E-state index in [9.17, 15) is 13.2 Å². The maximum Gasteiger partial charge on any atom is 0.279 e. The van der Waals surface area contributed by atoms with Crippen LogP contribution in [0.4, 0.5) is 0 Å². The summed E-state index contributed by atoms with van der Waals surface area (Å²) in [6, 6.07) is 1.89. The Morgan fingerprint density at radius 2 is 1.92 bits per heavy atom. The van der Waals surface area contributed by atoms with Crippen molar-refractivity contribution in [3.63, 3.8) is 0 Å². The summed E-state index contributed by atoms with van der Waals surface area (Å²) >= 11 is 0. The number of aromatic nitrogens is 2. The summed E-state index contributed by atoms with van der Waals surface area (Å²) in [5.74, 6) is 0.116. The lowest BCUT2D eigenvalue weighted by atomic mass is 10.1. The smallest absolute Gasteiger partial charge is 0.279 e. The molecule has 0 unspecified atom stereocenters. The fourth-order valence-corrected chi connectivity index (χ4v) is 4.58. The first-order valence-electron chi connectivity index (χ1n) is 8.96. The van der Waals surface area contributed by atoms with Gasteiger partial charge in [-0.15, -0.1) is 0 Å². The Kier molecular flexibility index (Phi) is 5.45. The molecule has 0 aromatic carbocycles. The van der Waals surface area contributed by atoms with Gasteiger partial charge in [-0.1, -0.05) is 20.3 Å². The third kappa shape index (κ3) is 4.21. The molecule has 1 N–H and O–H groups in total. The van der Waals surface area contributed by atoms with Gasteiger partial charge in [-0.3, -0.25) is 9.48 Å². The second-order valence-corrected chi connectivity index (χ2v) is 8.81. The van der Waals surface area contributed by atoms with Crippen molar-refractivity contribution in [1.82, 2.24) is 23.7 Å². The van der Waals surface area contributed by atoms with Crippen molar-refractivity contribution in [2.24, 2.45) is 5.92 Å². The molecule has 3 rings (SSSR count). The van der Waals surface area contributed by atoms with E-state index in [1.54, 1.807) is 0 Å². The van der Waals surface area contributed by atoms with E-state index in [2.05, 4.69) is 9.82 Å². The minimum absolute atomic E-state index is 0.0229. The van der Waals surface area contributed by atoms with Crippen molar-refractivity contribution < 1.29 is 13.2 Å². The number of amides is 1. The molecule has 0 spiro atoms. The van der Waals surface area contributed by atoms with E-state index >= 15 is 0 Å². The fourth-order valence-electron chi connectivity index (χ4n) is 3.33. The number of fused-ring (bicyclic) bond motifs is 1. The van der Waals surface area contributed by atoms with Crippen LogP contribution in [-0.2, 0) is 34.6 Å². The van der Waals surface area contributed by atoms with E-state index in [0.29, 0.717) is 38.4 Å². The highest BCUT2D eigenvalue weighted by Gasteiger charge is 2.26. The molecule has 0 atom stereocenters.